The van der Waals surface area contributed by atoms with Crippen molar-refractivity contribution in [3.8, 4) is 11.5 Å². The zero-order valence-corrected chi connectivity index (χ0v) is 19.8. The molecule has 184 valence electrons. The minimum absolute atomic E-state index is 0.0736. The fourth-order valence-electron chi connectivity index (χ4n) is 5.18. The Morgan fingerprint density at radius 3 is 2.81 bits per heavy atom. The highest BCUT2D eigenvalue weighted by Crippen LogP contribution is 2.39. The molecule has 7 nitrogen and oxygen atoms in total. The summed E-state index contributed by atoms with van der Waals surface area (Å²) in [6, 6.07) is 19.7. The first kappa shape index (κ1) is 23.7. The predicted molar refractivity (Wildman–Crippen MR) is 139 cm³/mol. The number of aryl methyl sites for hydroxylation is 1. The molecule has 1 aliphatic rings. The van der Waals surface area contributed by atoms with Crippen LogP contribution in [0.15, 0.2) is 72.9 Å². The maximum atomic E-state index is 11.3. The molecule has 1 unspecified atom stereocenters. The van der Waals surface area contributed by atoms with Gasteiger partial charge < -0.3 is 15.2 Å². The molecular weight excluding hydrogens is 454 g/mol. The number of aromatic amines is 1. The highest BCUT2D eigenvalue weighted by Gasteiger charge is 2.29. The number of rotatable bonds is 8. The molecule has 1 amide bonds. The Bertz CT molecular complexity index is 1430. The van der Waals surface area contributed by atoms with Crippen LogP contribution in [0.3, 0.4) is 0 Å². The van der Waals surface area contributed by atoms with Gasteiger partial charge in [0.25, 0.3) is 5.91 Å². The van der Waals surface area contributed by atoms with Gasteiger partial charge in [-0.1, -0.05) is 48.5 Å². The molecule has 5 rings (SSSR count). The third kappa shape index (κ3) is 4.84. The second-order valence-electron chi connectivity index (χ2n) is 9.19. The van der Waals surface area contributed by atoms with Gasteiger partial charge in [0.1, 0.15) is 0 Å². The quantitative estimate of drug-likeness (QED) is 0.107. The number of hydroxylamine groups is 1. The molecule has 0 aliphatic heterocycles. The Morgan fingerprint density at radius 2 is 1.94 bits per heavy atom. The summed E-state index contributed by atoms with van der Waals surface area (Å²) in [5.41, 5.74) is 8.02. The van der Waals surface area contributed by atoms with Crippen LogP contribution in [0.5, 0.6) is 11.5 Å². The Morgan fingerprint density at radius 1 is 1.08 bits per heavy atom. The molecular formula is C29H29N3O4. The van der Waals surface area contributed by atoms with Gasteiger partial charge in [-0.3, -0.25) is 14.9 Å². The van der Waals surface area contributed by atoms with Gasteiger partial charge in [-0.15, -0.1) is 0 Å². The van der Waals surface area contributed by atoms with Crippen molar-refractivity contribution in [2.75, 3.05) is 6.54 Å². The van der Waals surface area contributed by atoms with Crippen LogP contribution in [0.2, 0.25) is 0 Å². The number of para-hydroxylation sites is 2. The van der Waals surface area contributed by atoms with Crippen LogP contribution < -0.4 is 5.48 Å². The van der Waals surface area contributed by atoms with E-state index < -0.39 is 5.91 Å². The van der Waals surface area contributed by atoms with E-state index >= 15 is 0 Å². The molecule has 1 aliphatic carbocycles. The summed E-state index contributed by atoms with van der Waals surface area (Å²) in [6.07, 6.45) is 7.73. The van der Waals surface area contributed by atoms with E-state index in [9.17, 15) is 15.0 Å². The fourth-order valence-corrected chi connectivity index (χ4v) is 5.18. The second kappa shape index (κ2) is 10.3. The number of H-pyrrole nitrogens is 1. The van der Waals surface area contributed by atoms with Gasteiger partial charge in [0.15, 0.2) is 11.5 Å². The van der Waals surface area contributed by atoms with Gasteiger partial charge in [-0.2, -0.15) is 0 Å². The van der Waals surface area contributed by atoms with Gasteiger partial charge in [0.2, 0.25) is 0 Å². The zero-order chi connectivity index (χ0) is 25.1. The molecule has 3 aromatic carbocycles. The maximum absolute atomic E-state index is 11.3. The highest BCUT2D eigenvalue weighted by molar-refractivity contribution is 5.90. The summed E-state index contributed by atoms with van der Waals surface area (Å²) in [5, 5.41) is 30.5. The second-order valence-corrected chi connectivity index (χ2v) is 9.19. The van der Waals surface area contributed by atoms with Crippen molar-refractivity contribution in [1.82, 2.24) is 15.4 Å². The van der Waals surface area contributed by atoms with E-state index in [0.29, 0.717) is 12.1 Å². The Labute approximate surface area is 209 Å². The van der Waals surface area contributed by atoms with E-state index in [0.717, 1.165) is 36.9 Å². The normalized spacial score (nSPS) is 15.1. The maximum Gasteiger partial charge on any atom is 0.267 e. The van der Waals surface area contributed by atoms with Crippen molar-refractivity contribution in [3.05, 3.63) is 101 Å². The molecule has 0 spiro atoms. The lowest BCUT2D eigenvalue weighted by molar-refractivity contribution is -0.124. The number of phenols is 2. The van der Waals surface area contributed by atoms with E-state index in [-0.39, 0.29) is 17.5 Å². The van der Waals surface area contributed by atoms with Crippen molar-refractivity contribution in [3.63, 3.8) is 0 Å². The zero-order valence-electron chi connectivity index (χ0n) is 19.8. The van der Waals surface area contributed by atoms with E-state index in [1.54, 1.807) is 17.6 Å². The van der Waals surface area contributed by atoms with Crippen molar-refractivity contribution in [2.45, 2.75) is 31.8 Å². The first-order chi connectivity index (χ1) is 17.5. The summed E-state index contributed by atoms with van der Waals surface area (Å²) in [5.74, 6) is -0.752. The van der Waals surface area contributed by atoms with Crippen LogP contribution >= 0.6 is 0 Å². The number of aromatic nitrogens is 1. The Kier molecular flexibility index (Phi) is 6.75. The number of benzene rings is 3. The topological polar surface area (TPSA) is 109 Å². The van der Waals surface area contributed by atoms with E-state index in [1.165, 1.54) is 34.2 Å². The van der Waals surface area contributed by atoms with Gasteiger partial charge >= 0.3 is 0 Å². The van der Waals surface area contributed by atoms with Crippen molar-refractivity contribution >= 4 is 22.9 Å². The molecule has 36 heavy (non-hydrogen) atoms. The van der Waals surface area contributed by atoms with Crippen molar-refractivity contribution in [2.24, 2.45) is 0 Å². The molecule has 5 N–H and O–H groups in total. The summed E-state index contributed by atoms with van der Waals surface area (Å²) in [4.78, 5) is 17.1. The SMILES string of the molecule is O=C(C=Cc1ccc2c(c1)CCC2N(CCc1c[nH]c2ccccc12)Cc1cccc(O)c1O)NO. The van der Waals surface area contributed by atoms with Crippen LogP contribution in [0, 0.1) is 0 Å². The number of nitrogens with one attached hydrogen (secondary N) is 2. The summed E-state index contributed by atoms with van der Waals surface area (Å²) >= 11 is 0. The molecule has 1 aromatic heterocycles. The first-order valence-electron chi connectivity index (χ1n) is 12.1. The van der Waals surface area contributed by atoms with Crippen LogP contribution in [0.4, 0.5) is 0 Å². The number of hydrogen-bond acceptors (Lipinski definition) is 5. The number of phenolic OH excluding ortho intramolecular Hbond substituents is 2. The minimum atomic E-state index is -0.567. The minimum Gasteiger partial charge on any atom is -0.504 e. The third-order valence-electron chi connectivity index (χ3n) is 7.01. The fraction of sp³-hybridized carbons (Fsp3) is 0.207. The smallest absolute Gasteiger partial charge is 0.267 e. The summed E-state index contributed by atoms with van der Waals surface area (Å²) in [6.45, 7) is 1.28. The van der Waals surface area contributed by atoms with E-state index in [4.69, 9.17) is 5.21 Å². The average molecular weight is 484 g/mol. The van der Waals surface area contributed by atoms with Gasteiger partial charge in [-0.25, -0.2) is 5.48 Å². The number of carbonyl (C=O) groups is 1. The lowest BCUT2D eigenvalue weighted by Gasteiger charge is -2.30. The average Bonchev–Trinajstić information content (AvgIpc) is 3.51. The monoisotopic (exact) mass is 483 g/mol. The molecule has 0 radical (unpaired) electrons. The van der Waals surface area contributed by atoms with Crippen molar-refractivity contribution in [1.29, 1.82) is 0 Å². The van der Waals surface area contributed by atoms with Crippen LogP contribution in [-0.4, -0.2) is 37.8 Å². The van der Waals surface area contributed by atoms with E-state index in [1.807, 2.05) is 24.3 Å². The standard InChI is InChI=1S/C29H29N3O4/c33-27-7-3-4-22(29(27)35)18-32(15-14-21-17-30-25-6-2-1-5-23(21)25)26-12-10-20-16-19(8-11-24(20)26)9-13-28(34)31-36/h1-9,11,13,16-17,26,30,33,35-36H,10,12,14-15,18H2,(H,31,34). The Hall–Kier alpha value is -4.07. The molecule has 1 atom stereocenters. The number of amides is 1. The number of hydrogen-bond donors (Lipinski definition) is 5. The molecule has 0 bridgehead atoms. The van der Waals surface area contributed by atoms with Crippen LogP contribution in [-0.2, 0) is 24.2 Å². The van der Waals surface area contributed by atoms with E-state index in [2.05, 4.69) is 40.3 Å². The molecule has 0 saturated carbocycles. The van der Waals surface area contributed by atoms with Gasteiger partial charge in [-0.05, 0) is 59.7 Å². The molecule has 4 aromatic rings. The molecule has 0 saturated heterocycles. The molecule has 1 heterocycles. The number of carbonyl (C=O) groups excluding carboxylic acids is 1. The molecule has 0 fully saturated rings. The third-order valence-corrected chi connectivity index (χ3v) is 7.01. The Balaban J connectivity index is 1.42. The first-order valence-corrected chi connectivity index (χ1v) is 12.1. The van der Waals surface area contributed by atoms with Gasteiger partial charge in [0, 0.05) is 47.9 Å². The highest BCUT2D eigenvalue weighted by atomic mass is 16.5. The summed E-state index contributed by atoms with van der Waals surface area (Å²) < 4.78 is 0. The number of fused-ring (bicyclic) bond motifs is 2. The summed E-state index contributed by atoms with van der Waals surface area (Å²) in [7, 11) is 0. The lowest BCUT2D eigenvalue weighted by Crippen LogP contribution is -2.29. The van der Waals surface area contributed by atoms with Gasteiger partial charge in [0.05, 0.1) is 0 Å². The molecule has 7 heteroatoms. The van der Waals surface area contributed by atoms with Crippen molar-refractivity contribution < 1.29 is 20.2 Å². The largest absolute Gasteiger partial charge is 0.504 e. The van der Waals surface area contributed by atoms with Crippen LogP contribution in [0.1, 0.15) is 40.3 Å². The van der Waals surface area contributed by atoms with Crippen LogP contribution in [0.25, 0.3) is 17.0 Å². The number of nitrogens with zero attached hydrogens (tertiary/aromatic N) is 1. The number of aromatic hydroxyl groups is 2. The lowest BCUT2D eigenvalue weighted by atomic mass is 10.0. The predicted octanol–water partition coefficient (Wildman–Crippen LogP) is 4.83.